The van der Waals surface area contributed by atoms with Crippen molar-refractivity contribution in [2.24, 2.45) is 11.8 Å². The van der Waals surface area contributed by atoms with Crippen LogP contribution >= 0.6 is 11.6 Å². The number of carbonyl (C=O) groups excluding carboxylic acids is 1. The molecule has 3 rings (SSSR count). The highest BCUT2D eigenvalue weighted by Gasteiger charge is 2.23. The fraction of sp³-hybridized carbons (Fsp3) is 0.520. The summed E-state index contributed by atoms with van der Waals surface area (Å²) in [6, 6.07) is 9.75. The SMILES string of the molecule is CC(C)(C)OC(=O)NCC1CCC(CNc2nc(NCc3ccccc3Cl)ncc2C#N)CC1. The fourth-order valence-corrected chi connectivity index (χ4v) is 4.12. The van der Waals surface area contributed by atoms with E-state index in [9.17, 15) is 10.1 Å². The molecule has 1 aromatic carbocycles. The van der Waals surface area contributed by atoms with Crippen molar-refractivity contribution in [1.82, 2.24) is 15.3 Å². The summed E-state index contributed by atoms with van der Waals surface area (Å²) in [5.41, 5.74) is 0.879. The van der Waals surface area contributed by atoms with E-state index in [2.05, 4.69) is 32.0 Å². The monoisotopic (exact) mass is 484 g/mol. The molecule has 182 valence electrons. The lowest BCUT2D eigenvalue weighted by molar-refractivity contribution is 0.0513. The van der Waals surface area contributed by atoms with Gasteiger partial charge in [-0.15, -0.1) is 0 Å². The fourth-order valence-electron chi connectivity index (χ4n) is 3.92. The van der Waals surface area contributed by atoms with Crippen LogP contribution in [0.1, 0.15) is 57.6 Å². The topological polar surface area (TPSA) is 112 Å². The van der Waals surface area contributed by atoms with Crippen molar-refractivity contribution in [2.45, 2.75) is 58.6 Å². The van der Waals surface area contributed by atoms with Crippen molar-refractivity contribution in [3.63, 3.8) is 0 Å². The molecule has 1 heterocycles. The Hall–Kier alpha value is -3.05. The average molecular weight is 485 g/mol. The minimum atomic E-state index is -0.485. The second-order valence-electron chi connectivity index (χ2n) is 9.66. The van der Waals surface area contributed by atoms with Crippen LogP contribution in [0.25, 0.3) is 0 Å². The maximum absolute atomic E-state index is 11.9. The van der Waals surface area contributed by atoms with Gasteiger partial charge in [0.1, 0.15) is 23.1 Å². The van der Waals surface area contributed by atoms with Crippen LogP contribution in [-0.2, 0) is 11.3 Å². The van der Waals surface area contributed by atoms with Gasteiger partial charge in [-0.05, 0) is 69.9 Å². The van der Waals surface area contributed by atoms with E-state index >= 15 is 0 Å². The number of ether oxygens (including phenoxy) is 1. The van der Waals surface area contributed by atoms with Gasteiger partial charge in [-0.3, -0.25) is 0 Å². The molecule has 0 bridgehead atoms. The van der Waals surface area contributed by atoms with E-state index in [0.29, 0.717) is 47.3 Å². The number of nitrogens with one attached hydrogen (secondary N) is 3. The van der Waals surface area contributed by atoms with E-state index < -0.39 is 5.60 Å². The van der Waals surface area contributed by atoms with Gasteiger partial charge in [0.15, 0.2) is 0 Å². The molecule has 9 heteroatoms. The van der Waals surface area contributed by atoms with Crippen LogP contribution in [-0.4, -0.2) is 34.8 Å². The van der Waals surface area contributed by atoms with Crippen molar-refractivity contribution < 1.29 is 9.53 Å². The molecule has 0 atom stereocenters. The van der Waals surface area contributed by atoms with Gasteiger partial charge < -0.3 is 20.7 Å². The Kier molecular flexibility index (Phi) is 8.94. The summed E-state index contributed by atoms with van der Waals surface area (Å²) < 4.78 is 5.31. The maximum Gasteiger partial charge on any atom is 0.407 e. The second-order valence-corrected chi connectivity index (χ2v) is 10.1. The molecule has 1 amide bonds. The zero-order valence-electron chi connectivity index (χ0n) is 20.0. The Balaban J connectivity index is 1.46. The third-order valence-corrected chi connectivity index (χ3v) is 6.13. The van der Waals surface area contributed by atoms with E-state index in [-0.39, 0.29) is 6.09 Å². The van der Waals surface area contributed by atoms with Crippen LogP contribution in [0.3, 0.4) is 0 Å². The van der Waals surface area contributed by atoms with Crippen molar-refractivity contribution in [2.75, 3.05) is 23.7 Å². The first-order valence-electron chi connectivity index (χ1n) is 11.7. The normalized spacial score (nSPS) is 18.0. The molecule has 34 heavy (non-hydrogen) atoms. The zero-order valence-corrected chi connectivity index (χ0v) is 20.8. The quantitative estimate of drug-likeness (QED) is 0.462. The van der Waals surface area contributed by atoms with Gasteiger partial charge in [0.25, 0.3) is 0 Å². The summed E-state index contributed by atoms with van der Waals surface area (Å²) in [5.74, 6) is 1.92. The maximum atomic E-state index is 11.9. The standard InChI is InChI=1S/C25H33ClN6O2/c1-25(2,3)34-24(33)31-14-18-10-8-17(9-11-18)13-28-22-20(12-27)16-30-23(32-22)29-15-19-6-4-5-7-21(19)26/h4-7,16-18H,8-11,13-15H2,1-3H3,(H,31,33)(H2,28,29,30,32). The van der Waals surface area contributed by atoms with Crippen LogP contribution < -0.4 is 16.0 Å². The number of nitriles is 1. The number of carbonyl (C=O) groups is 1. The lowest BCUT2D eigenvalue weighted by Crippen LogP contribution is -2.36. The molecule has 1 aliphatic rings. The largest absolute Gasteiger partial charge is 0.444 e. The van der Waals surface area contributed by atoms with Gasteiger partial charge in [0, 0.05) is 24.7 Å². The Morgan fingerprint density at radius 2 is 1.82 bits per heavy atom. The van der Waals surface area contributed by atoms with E-state index in [4.69, 9.17) is 16.3 Å². The molecule has 0 spiro atoms. The molecule has 1 saturated carbocycles. The molecular weight excluding hydrogens is 452 g/mol. The molecule has 1 fully saturated rings. The Morgan fingerprint density at radius 1 is 1.15 bits per heavy atom. The van der Waals surface area contributed by atoms with Crippen LogP contribution in [0.2, 0.25) is 5.02 Å². The summed E-state index contributed by atoms with van der Waals surface area (Å²) in [6.07, 6.45) is 5.37. The van der Waals surface area contributed by atoms with E-state index in [1.54, 1.807) is 0 Å². The number of aromatic nitrogens is 2. The number of halogens is 1. The van der Waals surface area contributed by atoms with E-state index in [1.165, 1.54) is 6.20 Å². The number of hydrogen-bond donors (Lipinski definition) is 3. The molecule has 0 saturated heterocycles. The first kappa shape index (κ1) is 25.6. The van der Waals surface area contributed by atoms with Gasteiger partial charge in [-0.25, -0.2) is 9.78 Å². The number of anilines is 2. The summed E-state index contributed by atoms with van der Waals surface area (Å²) in [5, 5.41) is 19.5. The highest BCUT2D eigenvalue weighted by molar-refractivity contribution is 6.31. The smallest absolute Gasteiger partial charge is 0.407 e. The first-order chi connectivity index (χ1) is 16.2. The zero-order chi connectivity index (χ0) is 24.6. The predicted molar refractivity (Wildman–Crippen MR) is 134 cm³/mol. The van der Waals surface area contributed by atoms with Crippen molar-refractivity contribution in [3.05, 3.63) is 46.6 Å². The summed E-state index contributed by atoms with van der Waals surface area (Å²) in [6.45, 7) is 7.45. The lowest BCUT2D eigenvalue weighted by Gasteiger charge is -2.29. The minimum absolute atomic E-state index is 0.358. The highest BCUT2D eigenvalue weighted by Crippen LogP contribution is 2.29. The number of nitrogens with zero attached hydrogens (tertiary/aromatic N) is 3. The van der Waals surface area contributed by atoms with E-state index in [1.807, 2.05) is 45.0 Å². The number of amides is 1. The summed E-state index contributed by atoms with van der Waals surface area (Å²) >= 11 is 6.21. The lowest BCUT2D eigenvalue weighted by atomic mass is 9.82. The second kappa shape index (κ2) is 11.9. The van der Waals surface area contributed by atoms with Gasteiger partial charge in [-0.1, -0.05) is 29.8 Å². The Bertz CT molecular complexity index is 1010. The molecule has 3 N–H and O–H groups in total. The molecule has 8 nitrogen and oxygen atoms in total. The molecular formula is C25H33ClN6O2. The predicted octanol–water partition coefficient (Wildman–Crippen LogP) is 5.36. The van der Waals surface area contributed by atoms with Crippen molar-refractivity contribution in [1.29, 1.82) is 5.26 Å². The number of rotatable bonds is 8. The van der Waals surface area contributed by atoms with Gasteiger partial charge in [-0.2, -0.15) is 10.2 Å². The molecule has 1 aromatic heterocycles. The van der Waals surface area contributed by atoms with Gasteiger partial charge in [0.05, 0.1) is 6.20 Å². The number of alkyl carbamates (subject to hydrolysis) is 1. The van der Waals surface area contributed by atoms with Crippen molar-refractivity contribution >= 4 is 29.5 Å². The van der Waals surface area contributed by atoms with Crippen LogP contribution in [0, 0.1) is 23.2 Å². The average Bonchev–Trinajstić information content (AvgIpc) is 2.80. The van der Waals surface area contributed by atoms with Gasteiger partial charge >= 0.3 is 6.09 Å². The first-order valence-corrected chi connectivity index (χ1v) is 12.1. The van der Waals surface area contributed by atoms with Gasteiger partial charge in [0.2, 0.25) is 5.95 Å². The van der Waals surface area contributed by atoms with Crippen LogP contribution in [0.4, 0.5) is 16.6 Å². The van der Waals surface area contributed by atoms with Crippen molar-refractivity contribution in [3.8, 4) is 6.07 Å². The summed E-state index contributed by atoms with van der Waals surface area (Å²) in [7, 11) is 0. The molecule has 0 unspecified atom stereocenters. The molecule has 1 aliphatic carbocycles. The van der Waals surface area contributed by atoms with Crippen LogP contribution in [0.15, 0.2) is 30.5 Å². The molecule has 2 aromatic rings. The molecule has 0 aliphatic heterocycles. The summed E-state index contributed by atoms with van der Waals surface area (Å²) in [4.78, 5) is 20.6. The highest BCUT2D eigenvalue weighted by atomic mass is 35.5. The molecule has 0 radical (unpaired) electrons. The van der Waals surface area contributed by atoms with Crippen LogP contribution in [0.5, 0.6) is 0 Å². The Labute approximate surface area is 206 Å². The minimum Gasteiger partial charge on any atom is -0.444 e. The van der Waals surface area contributed by atoms with E-state index in [0.717, 1.165) is 37.8 Å². The Morgan fingerprint density at radius 3 is 2.47 bits per heavy atom. The number of benzene rings is 1. The number of hydrogen-bond acceptors (Lipinski definition) is 7. The third-order valence-electron chi connectivity index (χ3n) is 5.76. The third kappa shape index (κ3) is 8.07.